The van der Waals surface area contributed by atoms with Crippen molar-refractivity contribution in [2.45, 2.75) is 44.3 Å². The number of amides is 2. The molecular weight excluding hydrogens is 372 g/mol. The molecule has 0 saturated carbocycles. The van der Waals surface area contributed by atoms with Crippen LogP contribution in [0.3, 0.4) is 0 Å². The minimum atomic E-state index is -0.196. The summed E-state index contributed by atoms with van der Waals surface area (Å²) in [6, 6.07) is 9.96. The molecule has 0 unspecified atom stereocenters. The second-order valence-electron chi connectivity index (χ2n) is 7.62. The summed E-state index contributed by atoms with van der Waals surface area (Å²) in [5.41, 5.74) is 2.17. The van der Waals surface area contributed by atoms with Crippen LogP contribution in [0.25, 0.3) is 0 Å². The fraction of sp³-hybridized carbons (Fsp3) is 0.550. The first kappa shape index (κ1) is 19.8. The largest absolute Gasteiger partial charge is 0.371 e. The van der Waals surface area contributed by atoms with Crippen molar-refractivity contribution in [3.63, 3.8) is 0 Å². The number of hydrogen-bond acceptors (Lipinski definition) is 6. The third kappa shape index (κ3) is 4.58. The van der Waals surface area contributed by atoms with Crippen molar-refractivity contribution < 1.29 is 14.3 Å². The molecule has 4 atom stereocenters. The summed E-state index contributed by atoms with van der Waals surface area (Å²) in [5, 5.41) is 14.3. The van der Waals surface area contributed by atoms with E-state index in [1.807, 2.05) is 36.0 Å². The lowest BCUT2D eigenvalue weighted by Crippen LogP contribution is -2.48. The first-order valence-corrected chi connectivity index (χ1v) is 10.0. The molecule has 9 nitrogen and oxygen atoms in total. The first-order valence-electron chi connectivity index (χ1n) is 10.0. The molecule has 29 heavy (non-hydrogen) atoms. The van der Waals surface area contributed by atoms with Crippen molar-refractivity contribution in [3.8, 4) is 0 Å². The summed E-state index contributed by atoms with van der Waals surface area (Å²) >= 11 is 0. The fourth-order valence-electron chi connectivity index (χ4n) is 3.99. The molecule has 2 fully saturated rings. The Bertz CT molecular complexity index is 814. The second-order valence-corrected chi connectivity index (χ2v) is 7.62. The second kappa shape index (κ2) is 8.89. The number of nitrogens with zero attached hydrogens (tertiary/aromatic N) is 4. The standard InChI is InChI=1S/C20H28N6O3/c1-3-21-20(27)22-16-12-28-19-17(13-29-18(16)19)26-11-15(23-24-26)10-25(2)9-14-7-5-4-6-8-14/h4-8,11,16-19H,3,9-10,12-13H2,1-2H3,(H2,21,22,27)/t16-,17-,18+,19+/m0/s1. The average molecular weight is 400 g/mol. The van der Waals surface area contributed by atoms with Gasteiger partial charge in [0.25, 0.3) is 0 Å². The number of ether oxygens (including phenoxy) is 2. The van der Waals surface area contributed by atoms with E-state index in [4.69, 9.17) is 9.47 Å². The summed E-state index contributed by atoms with van der Waals surface area (Å²) in [4.78, 5) is 14.0. The molecular formula is C20H28N6O3. The van der Waals surface area contributed by atoms with Gasteiger partial charge in [0.2, 0.25) is 0 Å². The van der Waals surface area contributed by atoms with E-state index >= 15 is 0 Å². The Morgan fingerprint density at radius 1 is 1.21 bits per heavy atom. The summed E-state index contributed by atoms with van der Waals surface area (Å²) in [6.45, 7) is 4.95. The number of carbonyl (C=O) groups is 1. The number of rotatable bonds is 7. The van der Waals surface area contributed by atoms with Gasteiger partial charge < -0.3 is 20.1 Å². The number of aromatic nitrogens is 3. The van der Waals surface area contributed by atoms with Gasteiger partial charge in [-0.15, -0.1) is 5.10 Å². The van der Waals surface area contributed by atoms with E-state index in [1.165, 1.54) is 5.56 Å². The van der Waals surface area contributed by atoms with Crippen LogP contribution in [0.5, 0.6) is 0 Å². The summed E-state index contributed by atoms with van der Waals surface area (Å²) in [6.07, 6.45) is 1.65. The van der Waals surface area contributed by atoms with Gasteiger partial charge in [0, 0.05) is 19.6 Å². The molecule has 2 aliphatic heterocycles. The molecule has 3 heterocycles. The molecule has 2 aliphatic rings. The van der Waals surface area contributed by atoms with Crippen LogP contribution in [-0.2, 0) is 22.6 Å². The van der Waals surface area contributed by atoms with Crippen molar-refractivity contribution in [2.75, 3.05) is 26.8 Å². The highest BCUT2D eigenvalue weighted by Crippen LogP contribution is 2.33. The third-order valence-electron chi connectivity index (χ3n) is 5.31. The first-order chi connectivity index (χ1) is 14.1. The zero-order valence-electron chi connectivity index (χ0n) is 16.8. The van der Waals surface area contributed by atoms with Gasteiger partial charge in [-0.3, -0.25) is 4.90 Å². The highest BCUT2D eigenvalue weighted by molar-refractivity contribution is 5.74. The van der Waals surface area contributed by atoms with Crippen LogP contribution in [0, 0.1) is 0 Å². The molecule has 0 spiro atoms. The summed E-state index contributed by atoms with van der Waals surface area (Å²) < 4.78 is 13.7. The average Bonchev–Trinajstić information content (AvgIpc) is 3.40. The maximum atomic E-state index is 11.8. The molecule has 0 aliphatic carbocycles. The Labute approximate surface area is 170 Å². The predicted molar refractivity (Wildman–Crippen MR) is 106 cm³/mol. The molecule has 9 heteroatoms. The lowest BCUT2D eigenvalue weighted by atomic mass is 10.1. The van der Waals surface area contributed by atoms with Gasteiger partial charge in [-0.05, 0) is 19.5 Å². The minimum Gasteiger partial charge on any atom is -0.371 e. The maximum Gasteiger partial charge on any atom is 0.315 e. The minimum absolute atomic E-state index is 0.0401. The molecule has 156 valence electrons. The Morgan fingerprint density at radius 2 is 2.00 bits per heavy atom. The molecule has 2 saturated heterocycles. The quantitative estimate of drug-likeness (QED) is 0.718. The van der Waals surface area contributed by atoms with Crippen LogP contribution in [0.1, 0.15) is 24.2 Å². The van der Waals surface area contributed by atoms with E-state index in [0.717, 1.165) is 12.2 Å². The Morgan fingerprint density at radius 3 is 2.79 bits per heavy atom. The Balaban J connectivity index is 1.33. The van der Waals surface area contributed by atoms with Crippen LogP contribution < -0.4 is 10.6 Å². The van der Waals surface area contributed by atoms with Crippen LogP contribution in [0.2, 0.25) is 0 Å². The number of benzene rings is 1. The van der Waals surface area contributed by atoms with Gasteiger partial charge >= 0.3 is 6.03 Å². The van der Waals surface area contributed by atoms with E-state index in [1.54, 1.807) is 0 Å². The van der Waals surface area contributed by atoms with Gasteiger partial charge in [-0.1, -0.05) is 35.5 Å². The number of carbonyl (C=O) groups excluding carboxylic acids is 1. The molecule has 2 N–H and O–H groups in total. The maximum absolute atomic E-state index is 11.8. The summed E-state index contributed by atoms with van der Waals surface area (Å²) in [7, 11) is 2.07. The lowest BCUT2D eigenvalue weighted by Gasteiger charge is -2.17. The molecule has 2 aromatic rings. The fourth-order valence-corrected chi connectivity index (χ4v) is 3.99. The van der Waals surface area contributed by atoms with E-state index in [9.17, 15) is 4.79 Å². The van der Waals surface area contributed by atoms with E-state index in [2.05, 4.69) is 45.0 Å². The molecule has 1 aromatic carbocycles. The van der Waals surface area contributed by atoms with Gasteiger partial charge in [-0.25, -0.2) is 9.48 Å². The molecule has 0 bridgehead atoms. The third-order valence-corrected chi connectivity index (χ3v) is 5.31. The SMILES string of the molecule is CCNC(=O)N[C@H]1CO[C@H]2[C@@H]1OC[C@@H]2n1cc(CN(C)Cc2ccccc2)nn1. The molecule has 0 radical (unpaired) electrons. The highest BCUT2D eigenvalue weighted by Gasteiger charge is 2.49. The summed E-state index contributed by atoms with van der Waals surface area (Å²) in [5.74, 6) is 0. The zero-order valence-corrected chi connectivity index (χ0v) is 16.8. The van der Waals surface area contributed by atoms with Gasteiger partial charge in [0.1, 0.15) is 18.2 Å². The highest BCUT2D eigenvalue weighted by atomic mass is 16.6. The van der Waals surface area contributed by atoms with Crippen molar-refractivity contribution in [2.24, 2.45) is 0 Å². The number of nitrogens with one attached hydrogen (secondary N) is 2. The molecule has 4 rings (SSSR count). The monoisotopic (exact) mass is 400 g/mol. The van der Waals surface area contributed by atoms with Crippen LogP contribution >= 0.6 is 0 Å². The Hall–Kier alpha value is -2.49. The zero-order chi connectivity index (χ0) is 20.2. The normalized spacial score (nSPS) is 25.9. The van der Waals surface area contributed by atoms with Crippen LogP contribution in [0.4, 0.5) is 4.79 Å². The van der Waals surface area contributed by atoms with E-state index < -0.39 is 0 Å². The lowest BCUT2D eigenvalue weighted by molar-refractivity contribution is 0.0622. The van der Waals surface area contributed by atoms with Gasteiger partial charge in [-0.2, -0.15) is 0 Å². The van der Waals surface area contributed by atoms with Crippen LogP contribution in [-0.4, -0.2) is 71.0 Å². The molecule has 1 aromatic heterocycles. The topological polar surface area (TPSA) is 93.5 Å². The Kier molecular flexibility index (Phi) is 6.08. The van der Waals surface area contributed by atoms with Crippen molar-refractivity contribution in [1.29, 1.82) is 0 Å². The smallest absolute Gasteiger partial charge is 0.315 e. The molecule has 2 amide bonds. The van der Waals surface area contributed by atoms with Crippen LogP contribution in [0.15, 0.2) is 36.5 Å². The predicted octanol–water partition coefficient (Wildman–Crippen LogP) is 0.937. The van der Waals surface area contributed by atoms with E-state index in [0.29, 0.717) is 26.3 Å². The van der Waals surface area contributed by atoms with Crippen molar-refractivity contribution in [3.05, 3.63) is 47.8 Å². The van der Waals surface area contributed by atoms with Gasteiger partial charge in [0.05, 0.1) is 31.1 Å². The number of fused-ring (bicyclic) bond motifs is 1. The van der Waals surface area contributed by atoms with Crippen molar-refractivity contribution in [1.82, 2.24) is 30.5 Å². The van der Waals surface area contributed by atoms with Gasteiger partial charge in [0.15, 0.2) is 0 Å². The van der Waals surface area contributed by atoms with E-state index in [-0.39, 0.29) is 30.3 Å². The number of hydrogen-bond donors (Lipinski definition) is 2. The van der Waals surface area contributed by atoms with Crippen molar-refractivity contribution >= 4 is 6.03 Å². The number of urea groups is 1.